The van der Waals surface area contributed by atoms with E-state index in [4.69, 9.17) is 4.74 Å². The average Bonchev–Trinajstić information content (AvgIpc) is 2.74. The number of fused-ring (bicyclic) bond motifs is 2. The molecule has 166 valence electrons. The van der Waals surface area contributed by atoms with Crippen molar-refractivity contribution in [1.82, 2.24) is 0 Å². The molecule has 0 saturated heterocycles. The van der Waals surface area contributed by atoms with Crippen LogP contribution in [0.4, 0.5) is 0 Å². The minimum absolute atomic E-state index is 0.220. The third-order valence-corrected chi connectivity index (χ3v) is 6.41. The van der Waals surface area contributed by atoms with E-state index in [9.17, 15) is 0 Å². The first-order valence-corrected chi connectivity index (χ1v) is 11.7. The monoisotopic (exact) mass is 424 g/mol. The van der Waals surface area contributed by atoms with Crippen LogP contribution in [0.3, 0.4) is 0 Å². The molecule has 0 amide bonds. The van der Waals surface area contributed by atoms with Gasteiger partial charge in [0, 0.05) is 5.56 Å². The second-order valence-electron chi connectivity index (χ2n) is 11.3. The van der Waals surface area contributed by atoms with Crippen molar-refractivity contribution in [3.8, 4) is 5.75 Å². The lowest BCUT2D eigenvalue weighted by Gasteiger charge is -2.36. The summed E-state index contributed by atoms with van der Waals surface area (Å²) in [7, 11) is 0. The van der Waals surface area contributed by atoms with Crippen molar-refractivity contribution in [2.24, 2.45) is 10.8 Å². The van der Waals surface area contributed by atoms with E-state index in [2.05, 4.69) is 120 Å². The predicted octanol–water partition coefficient (Wildman–Crippen LogP) is 9.14. The van der Waals surface area contributed by atoms with E-state index in [1.807, 2.05) is 0 Å². The Labute approximate surface area is 193 Å². The minimum atomic E-state index is 0.220. The van der Waals surface area contributed by atoms with Crippen LogP contribution in [0, 0.1) is 10.8 Å². The molecule has 0 bridgehead atoms. The number of benzene rings is 4. The molecule has 0 aliphatic heterocycles. The summed E-state index contributed by atoms with van der Waals surface area (Å²) in [6, 6.07) is 28.3. The summed E-state index contributed by atoms with van der Waals surface area (Å²) in [4.78, 5) is 0. The Kier molecular flexibility index (Phi) is 6.03. The van der Waals surface area contributed by atoms with E-state index in [0.29, 0.717) is 17.9 Å². The van der Waals surface area contributed by atoms with Gasteiger partial charge < -0.3 is 4.74 Å². The fourth-order valence-corrected chi connectivity index (χ4v) is 4.75. The minimum Gasteiger partial charge on any atom is -0.489 e. The molecule has 0 aliphatic carbocycles. The Morgan fingerprint density at radius 2 is 1.22 bits per heavy atom. The highest BCUT2D eigenvalue weighted by atomic mass is 16.5. The van der Waals surface area contributed by atoms with E-state index in [-0.39, 0.29) is 5.41 Å². The molecule has 1 atom stereocenters. The normalized spacial score (nSPS) is 13.4. The van der Waals surface area contributed by atoms with Crippen molar-refractivity contribution in [2.75, 3.05) is 0 Å². The highest BCUT2D eigenvalue weighted by molar-refractivity contribution is 6.02. The van der Waals surface area contributed by atoms with Crippen molar-refractivity contribution in [3.63, 3.8) is 0 Å². The van der Waals surface area contributed by atoms with Crippen LogP contribution in [0.1, 0.15) is 65.0 Å². The zero-order valence-electron chi connectivity index (χ0n) is 20.4. The van der Waals surface area contributed by atoms with Gasteiger partial charge in [0.05, 0.1) is 0 Å². The van der Waals surface area contributed by atoms with Crippen LogP contribution in [-0.4, -0.2) is 0 Å². The van der Waals surface area contributed by atoms with Gasteiger partial charge in [-0.15, -0.1) is 0 Å². The van der Waals surface area contributed by atoms with E-state index < -0.39 is 0 Å². The Morgan fingerprint density at radius 1 is 0.688 bits per heavy atom. The molecular weight excluding hydrogens is 388 g/mol. The molecule has 4 aromatic carbocycles. The smallest absolute Gasteiger partial charge is 0.119 e. The molecule has 0 radical (unpaired) electrons. The van der Waals surface area contributed by atoms with Crippen LogP contribution in [0.15, 0.2) is 78.9 Å². The third-order valence-electron chi connectivity index (χ3n) is 6.41. The highest BCUT2D eigenvalue weighted by Gasteiger charge is 2.30. The quantitative estimate of drug-likeness (QED) is 0.290. The molecule has 4 aromatic rings. The largest absolute Gasteiger partial charge is 0.489 e. The average molecular weight is 425 g/mol. The summed E-state index contributed by atoms with van der Waals surface area (Å²) in [6.45, 7) is 14.6. The summed E-state index contributed by atoms with van der Waals surface area (Å²) in [5, 5.41) is 5.05. The van der Waals surface area contributed by atoms with Gasteiger partial charge in [-0.25, -0.2) is 0 Å². The van der Waals surface area contributed by atoms with Crippen LogP contribution in [0.25, 0.3) is 21.5 Å². The molecule has 1 nitrogen and oxygen atoms in total. The zero-order valence-corrected chi connectivity index (χ0v) is 20.4. The second-order valence-corrected chi connectivity index (χ2v) is 11.3. The second kappa shape index (κ2) is 8.62. The number of rotatable bonds is 5. The van der Waals surface area contributed by atoms with Gasteiger partial charge in [-0.2, -0.15) is 0 Å². The van der Waals surface area contributed by atoms with Gasteiger partial charge in [0.25, 0.3) is 0 Å². The lowest BCUT2D eigenvalue weighted by atomic mass is 9.69. The Bertz CT molecular complexity index is 1150. The van der Waals surface area contributed by atoms with Gasteiger partial charge in [-0.1, -0.05) is 102 Å². The van der Waals surface area contributed by atoms with E-state index in [1.54, 1.807) is 0 Å². The van der Waals surface area contributed by atoms with Crippen molar-refractivity contribution in [1.29, 1.82) is 0 Å². The lowest BCUT2D eigenvalue weighted by Crippen LogP contribution is -2.23. The van der Waals surface area contributed by atoms with Gasteiger partial charge in [-0.05, 0) is 68.5 Å². The standard InChI is InChI=1S/C31H36O/c1-30(2,3)20-29(31(4,5)6)22-15-17-25(18-16-22)32-21-28-26-13-9-7-11-23(26)19-24-12-8-10-14-27(24)28/h7-19,29H,20-21H2,1-6H3. The Balaban J connectivity index is 1.60. The number of ether oxygens (including phenoxy) is 1. The molecule has 0 saturated carbocycles. The van der Waals surface area contributed by atoms with Crippen molar-refractivity contribution >= 4 is 21.5 Å². The molecule has 0 aliphatic rings. The Morgan fingerprint density at radius 3 is 1.72 bits per heavy atom. The highest BCUT2D eigenvalue weighted by Crippen LogP contribution is 2.43. The van der Waals surface area contributed by atoms with Crippen molar-refractivity contribution in [3.05, 3.63) is 90.0 Å². The summed E-state index contributed by atoms with van der Waals surface area (Å²) in [5.74, 6) is 1.44. The predicted molar refractivity (Wildman–Crippen MR) is 138 cm³/mol. The number of hydrogen-bond acceptors (Lipinski definition) is 1. The van der Waals surface area contributed by atoms with Gasteiger partial charge in [0.1, 0.15) is 12.4 Å². The Hall–Kier alpha value is -2.80. The molecule has 0 aromatic heterocycles. The summed E-state index contributed by atoms with van der Waals surface area (Å²) in [5.41, 5.74) is 3.17. The maximum absolute atomic E-state index is 6.33. The van der Waals surface area contributed by atoms with Gasteiger partial charge in [0.15, 0.2) is 0 Å². The van der Waals surface area contributed by atoms with Crippen molar-refractivity contribution < 1.29 is 4.74 Å². The molecule has 0 N–H and O–H groups in total. The van der Waals surface area contributed by atoms with Crippen molar-refractivity contribution in [2.45, 2.75) is 60.5 Å². The van der Waals surface area contributed by atoms with Crippen LogP contribution in [0.5, 0.6) is 5.75 Å². The SMILES string of the molecule is CC(C)(C)CC(c1ccc(OCc2c3ccccc3cc3ccccc23)cc1)C(C)(C)C. The van der Waals surface area contributed by atoms with Gasteiger partial charge in [-0.3, -0.25) is 0 Å². The van der Waals surface area contributed by atoms with Gasteiger partial charge in [0.2, 0.25) is 0 Å². The van der Waals surface area contributed by atoms with E-state index in [0.717, 1.165) is 5.75 Å². The molecule has 0 spiro atoms. The summed E-state index contributed by atoms with van der Waals surface area (Å²) in [6.07, 6.45) is 1.17. The number of hydrogen-bond donors (Lipinski definition) is 0. The topological polar surface area (TPSA) is 9.23 Å². The first-order valence-electron chi connectivity index (χ1n) is 11.7. The molecule has 0 heterocycles. The first kappa shape index (κ1) is 22.4. The summed E-state index contributed by atoms with van der Waals surface area (Å²) >= 11 is 0. The molecule has 1 unspecified atom stereocenters. The van der Waals surface area contributed by atoms with Crippen LogP contribution < -0.4 is 4.74 Å². The van der Waals surface area contributed by atoms with Crippen LogP contribution >= 0.6 is 0 Å². The molecule has 32 heavy (non-hydrogen) atoms. The molecule has 1 heteroatoms. The lowest BCUT2D eigenvalue weighted by molar-refractivity contribution is 0.229. The molecule has 0 fully saturated rings. The maximum atomic E-state index is 6.33. The van der Waals surface area contributed by atoms with Crippen LogP contribution in [0.2, 0.25) is 0 Å². The van der Waals surface area contributed by atoms with E-state index in [1.165, 1.54) is 39.1 Å². The first-order chi connectivity index (χ1) is 15.1. The zero-order chi connectivity index (χ0) is 22.9. The molecule has 4 rings (SSSR count). The summed E-state index contributed by atoms with van der Waals surface area (Å²) < 4.78 is 6.33. The van der Waals surface area contributed by atoms with Crippen LogP contribution in [-0.2, 0) is 6.61 Å². The molecular formula is C31H36O. The van der Waals surface area contributed by atoms with E-state index >= 15 is 0 Å². The third kappa shape index (κ3) is 4.99. The van der Waals surface area contributed by atoms with Gasteiger partial charge >= 0.3 is 0 Å². The fraction of sp³-hybridized carbons (Fsp3) is 0.355. The maximum Gasteiger partial charge on any atom is 0.119 e. The fourth-order valence-electron chi connectivity index (χ4n) is 4.75.